The standard InChI is InChI=1S/C10H8BrNO2/c1-14-10-7(11)3-2-6-8(13)4-5-12-9(6)10/h2-5H,1H3,(H,12,13). The van der Waals surface area contributed by atoms with Gasteiger partial charge in [0.25, 0.3) is 0 Å². The van der Waals surface area contributed by atoms with E-state index in [1.165, 1.54) is 6.07 Å². The molecule has 0 unspecified atom stereocenters. The van der Waals surface area contributed by atoms with Gasteiger partial charge in [0.1, 0.15) is 0 Å². The molecule has 0 spiro atoms. The Morgan fingerprint density at radius 2 is 2.14 bits per heavy atom. The normalized spacial score (nSPS) is 10.4. The number of methoxy groups -OCH3 is 1. The Morgan fingerprint density at radius 3 is 2.86 bits per heavy atom. The van der Waals surface area contributed by atoms with Gasteiger partial charge in [0.15, 0.2) is 11.2 Å². The minimum atomic E-state index is -0.00968. The molecular weight excluding hydrogens is 246 g/mol. The molecule has 0 atom stereocenters. The molecule has 0 saturated carbocycles. The van der Waals surface area contributed by atoms with Crippen LogP contribution in [0, 0.1) is 0 Å². The van der Waals surface area contributed by atoms with Crippen LogP contribution in [0.4, 0.5) is 0 Å². The number of hydrogen-bond acceptors (Lipinski definition) is 2. The molecule has 1 aromatic heterocycles. The van der Waals surface area contributed by atoms with Gasteiger partial charge in [0.2, 0.25) is 0 Å². The van der Waals surface area contributed by atoms with Gasteiger partial charge in [0.05, 0.1) is 17.1 Å². The number of rotatable bonds is 1. The molecule has 3 nitrogen and oxygen atoms in total. The molecule has 2 rings (SSSR count). The van der Waals surface area contributed by atoms with E-state index >= 15 is 0 Å². The predicted molar refractivity (Wildman–Crippen MR) is 58.8 cm³/mol. The Bertz CT molecular complexity index is 533. The first kappa shape index (κ1) is 9.27. The molecule has 1 aromatic carbocycles. The van der Waals surface area contributed by atoms with Gasteiger partial charge in [-0.05, 0) is 28.1 Å². The largest absolute Gasteiger partial charge is 0.493 e. The Morgan fingerprint density at radius 1 is 1.36 bits per heavy atom. The average Bonchev–Trinajstić information content (AvgIpc) is 2.18. The van der Waals surface area contributed by atoms with E-state index in [-0.39, 0.29) is 5.43 Å². The topological polar surface area (TPSA) is 42.1 Å². The minimum Gasteiger partial charge on any atom is -0.493 e. The van der Waals surface area contributed by atoms with Crippen LogP contribution in [0.5, 0.6) is 5.75 Å². The smallest absolute Gasteiger partial charge is 0.189 e. The molecule has 0 fully saturated rings. The van der Waals surface area contributed by atoms with Crippen molar-refractivity contribution in [2.45, 2.75) is 0 Å². The number of hydrogen-bond donors (Lipinski definition) is 1. The second-order valence-electron chi connectivity index (χ2n) is 2.85. The number of H-pyrrole nitrogens is 1. The van der Waals surface area contributed by atoms with Gasteiger partial charge in [-0.3, -0.25) is 4.79 Å². The molecule has 1 N–H and O–H groups in total. The lowest BCUT2D eigenvalue weighted by Crippen LogP contribution is -2.01. The van der Waals surface area contributed by atoms with Crippen LogP contribution >= 0.6 is 15.9 Å². The van der Waals surface area contributed by atoms with E-state index in [0.717, 1.165) is 9.99 Å². The molecular formula is C10H8BrNO2. The number of nitrogens with one attached hydrogen (secondary N) is 1. The second-order valence-corrected chi connectivity index (χ2v) is 3.70. The van der Waals surface area contributed by atoms with Crippen LogP contribution in [0.2, 0.25) is 0 Å². The van der Waals surface area contributed by atoms with Gasteiger partial charge < -0.3 is 9.72 Å². The summed E-state index contributed by atoms with van der Waals surface area (Å²) < 4.78 is 6.02. The molecule has 72 valence electrons. The fraction of sp³-hybridized carbons (Fsp3) is 0.100. The summed E-state index contributed by atoms with van der Waals surface area (Å²) in [6, 6.07) is 5.06. The Kier molecular flexibility index (Phi) is 2.29. The highest BCUT2D eigenvalue weighted by molar-refractivity contribution is 9.10. The third-order valence-corrected chi connectivity index (χ3v) is 2.67. The Balaban J connectivity index is 2.95. The first-order chi connectivity index (χ1) is 6.74. The van der Waals surface area contributed by atoms with Crippen molar-refractivity contribution in [2.24, 2.45) is 0 Å². The van der Waals surface area contributed by atoms with Crippen molar-refractivity contribution in [1.82, 2.24) is 4.98 Å². The number of aromatic amines is 1. The van der Waals surface area contributed by atoms with E-state index in [0.29, 0.717) is 11.1 Å². The van der Waals surface area contributed by atoms with Crippen LogP contribution in [-0.4, -0.2) is 12.1 Å². The fourth-order valence-electron chi connectivity index (χ4n) is 1.40. The number of benzene rings is 1. The van der Waals surface area contributed by atoms with E-state index < -0.39 is 0 Å². The molecule has 0 radical (unpaired) electrons. The van der Waals surface area contributed by atoms with Crippen molar-refractivity contribution in [1.29, 1.82) is 0 Å². The summed E-state index contributed by atoms with van der Waals surface area (Å²) in [5.41, 5.74) is 0.707. The molecule has 14 heavy (non-hydrogen) atoms. The van der Waals surface area contributed by atoms with Crippen molar-refractivity contribution < 1.29 is 4.74 Å². The highest BCUT2D eigenvalue weighted by atomic mass is 79.9. The van der Waals surface area contributed by atoms with E-state index in [4.69, 9.17) is 4.74 Å². The summed E-state index contributed by atoms with van der Waals surface area (Å²) in [6.07, 6.45) is 1.61. The lowest BCUT2D eigenvalue weighted by molar-refractivity contribution is 0.416. The van der Waals surface area contributed by atoms with E-state index in [2.05, 4.69) is 20.9 Å². The Labute approximate surface area is 88.8 Å². The summed E-state index contributed by atoms with van der Waals surface area (Å²) in [7, 11) is 1.57. The van der Waals surface area contributed by atoms with Crippen molar-refractivity contribution in [2.75, 3.05) is 7.11 Å². The quantitative estimate of drug-likeness (QED) is 0.848. The van der Waals surface area contributed by atoms with Gasteiger partial charge >= 0.3 is 0 Å². The molecule has 0 aliphatic heterocycles. The predicted octanol–water partition coefficient (Wildman–Crippen LogP) is 2.30. The zero-order chi connectivity index (χ0) is 10.1. The molecule has 4 heteroatoms. The van der Waals surface area contributed by atoms with Crippen LogP contribution in [-0.2, 0) is 0 Å². The maximum absolute atomic E-state index is 11.5. The van der Waals surface area contributed by atoms with Gasteiger partial charge in [-0.15, -0.1) is 0 Å². The maximum Gasteiger partial charge on any atom is 0.189 e. The highest BCUT2D eigenvalue weighted by Gasteiger charge is 2.07. The summed E-state index contributed by atoms with van der Waals surface area (Å²) in [5.74, 6) is 0.653. The van der Waals surface area contributed by atoms with Crippen molar-refractivity contribution >= 4 is 26.8 Å². The number of ether oxygens (including phenoxy) is 1. The molecule has 0 saturated heterocycles. The average molecular weight is 254 g/mol. The summed E-state index contributed by atoms with van der Waals surface area (Å²) in [5, 5.41) is 0.632. The van der Waals surface area contributed by atoms with Crippen LogP contribution in [0.25, 0.3) is 10.9 Å². The van der Waals surface area contributed by atoms with E-state index in [1.54, 1.807) is 25.4 Å². The monoisotopic (exact) mass is 253 g/mol. The highest BCUT2D eigenvalue weighted by Crippen LogP contribution is 2.30. The Hall–Kier alpha value is -1.29. The first-order valence-electron chi connectivity index (χ1n) is 4.08. The lowest BCUT2D eigenvalue weighted by atomic mass is 10.2. The zero-order valence-electron chi connectivity index (χ0n) is 7.50. The van der Waals surface area contributed by atoms with Gasteiger partial charge in [0, 0.05) is 17.6 Å². The SMILES string of the molecule is COc1c(Br)ccc2c(=O)cc[nH]c12. The molecule has 2 aromatic rings. The molecule has 1 heterocycles. The van der Waals surface area contributed by atoms with Crippen LogP contribution in [0.3, 0.4) is 0 Å². The number of pyridine rings is 1. The third kappa shape index (κ3) is 1.32. The van der Waals surface area contributed by atoms with E-state index in [9.17, 15) is 4.79 Å². The van der Waals surface area contributed by atoms with Crippen molar-refractivity contribution in [3.8, 4) is 5.75 Å². The molecule has 0 aliphatic rings. The van der Waals surface area contributed by atoms with Gasteiger partial charge in [-0.2, -0.15) is 0 Å². The third-order valence-electron chi connectivity index (χ3n) is 2.04. The molecule has 0 amide bonds. The van der Waals surface area contributed by atoms with Crippen LogP contribution in [0.1, 0.15) is 0 Å². The van der Waals surface area contributed by atoms with Gasteiger partial charge in [-0.1, -0.05) is 0 Å². The minimum absolute atomic E-state index is 0.00968. The maximum atomic E-state index is 11.5. The van der Waals surface area contributed by atoms with Crippen molar-refractivity contribution in [3.05, 3.63) is 39.1 Å². The van der Waals surface area contributed by atoms with Crippen molar-refractivity contribution in [3.63, 3.8) is 0 Å². The second kappa shape index (κ2) is 3.46. The molecule has 0 aliphatic carbocycles. The molecule has 0 bridgehead atoms. The fourth-order valence-corrected chi connectivity index (χ4v) is 1.89. The zero-order valence-corrected chi connectivity index (χ0v) is 9.09. The number of fused-ring (bicyclic) bond motifs is 1. The van der Waals surface area contributed by atoms with Gasteiger partial charge in [-0.25, -0.2) is 0 Å². The summed E-state index contributed by atoms with van der Waals surface area (Å²) >= 11 is 3.36. The van der Waals surface area contributed by atoms with Crippen LogP contribution in [0.15, 0.2) is 33.7 Å². The summed E-state index contributed by atoms with van der Waals surface area (Å²) in [4.78, 5) is 14.5. The number of halogens is 1. The first-order valence-corrected chi connectivity index (χ1v) is 4.87. The van der Waals surface area contributed by atoms with E-state index in [1.807, 2.05) is 0 Å². The number of aromatic nitrogens is 1. The van der Waals surface area contributed by atoms with Crippen LogP contribution < -0.4 is 10.2 Å². The summed E-state index contributed by atoms with van der Waals surface area (Å²) in [6.45, 7) is 0. The lowest BCUT2D eigenvalue weighted by Gasteiger charge is -2.06.